The Morgan fingerprint density at radius 3 is 2.69 bits per heavy atom. The Kier molecular flexibility index (Phi) is 7.57. The molecular formula is C24H24Cl2FN5O3. The first-order valence-electron chi connectivity index (χ1n) is 11.1. The quantitative estimate of drug-likeness (QED) is 0.493. The summed E-state index contributed by atoms with van der Waals surface area (Å²) in [6.07, 6.45) is 2.46. The van der Waals surface area contributed by atoms with Crippen LogP contribution < -0.4 is 10.1 Å². The van der Waals surface area contributed by atoms with Crippen LogP contribution in [0.2, 0.25) is 10.0 Å². The molecule has 1 aliphatic rings. The molecule has 0 saturated carbocycles. The van der Waals surface area contributed by atoms with Gasteiger partial charge in [-0.25, -0.2) is 9.37 Å². The zero-order chi connectivity index (χ0) is 25.1. The third kappa shape index (κ3) is 5.57. The highest BCUT2D eigenvalue weighted by atomic mass is 35.5. The van der Waals surface area contributed by atoms with Crippen LogP contribution in [0.5, 0.6) is 5.88 Å². The lowest BCUT2D eigenvalue weighted by molar-refractivity contribution is -0.127. The van der Waals surface area contributed by atoms with Gasteiger partial charge in [0.15, 0.2) is 0 Å². The minimum Gasteiger partial charge on any atom is -0.481 e. The van der Waals surface area contributed by atoms with E-state index in [4.69, 9.17) is 27.9 Å². The summed E-state index contributed by atoms with van der Waals surface area (Å²) >= 11 is 12.2. The first-order valence-corrected chi connectivity index (χ1v) is 11.8. The molecule has 1 saturated heterocycles. The molecule has 3 heterocycles. The molecule has 2 amide bonds. The van der Waals surface area contributed by atoms with Crippen LogP contribution in [0, 0.1) is 11.7 Å². The molecule has 11 heteroatoms. The first-order chi connectivity index (χ1) is 16.8. The third-order valence-electron chi connectivity index (χ3n) is 6.06. The summed E-state index contributed by atoms with van der Waals surface area (Å²) in [4.78, 5) is 31.5. The van der Waals surface area contributed by atoms with Gasteiger partial charge in [0.25, 0.3) is 5.91 Å². The van der Waals surface area contributed by atoms with Gasteiger partial charge in [-0.05, 0) is 44.0 Å². The van der Waals surface area contributed by atoms with E-state index in [9.17, 15) is 14.0 Å². The molecule has 1 fully saturated rings. The molecule has 8 nitrogen and oxygen atoms in total. The van der Waals surface area contributed by atoms with E-state index in [1.54, 1.807) is 24.0 Å². The lowest BCUT2D eigenvalue weighted by atomic mass is 9.95. The Bertz CT molecular complexity index is 1240. The van der Waals surface area contributed by atoms with Crippen LogP contribution in [-0.4, -0.2) is 52.1 Å². The summed E-state index contributed by atoms with van der Waals surface area (Å²) in [7, 11) is 1.50. The van der Waals surface area contributed by atoms with Crippen molar-refractivity contribution in [3.63, 3.8) is 0 Å². The molecule has 4 rings (SSSR count). The smallest absolute Gasteiger partial charge is 0.271 e. The van der Waals surface area contributed by atoms with Gasteiger partial charge in [-0.1, -0.05) is 23.2 Å². The van der Waals surface area contributed by atoms with Crippen LogP contribution >= 0.6 is 23.2 Å². The van der Waals surface area contributed by atoms with Crippen molar-refractivity contribution in [2.75, 3.05) is 20.2 Å². The Morgan fingerprint density at radius 1 is 1.23 bits per heavy atom. The lowest BCUT2D eigenvalue weighted by Crippen LogP contribution is -2.43. The molecule has 2 aromatic heterocycles. The highest BCUT2D eigenvalue weighted by molar-refractivity contribution is 6.33. The van der Waals surface area contributed by atoms with Crippen LogP contribution in [0.4, 0.5) is 4.39 Å². The maximum absolute atomic E-state index is 14.1. The van der Waals surface area contributed by atoms with Crippen molar-refractivity contribution in [2.24, 2.45) is 5.92 Å². The number of piperidine rings is 1. The third-order valence-corrected chi connectivity index (χ3v) is 6.60. The molecule has 3 aromatic rings. The molecule has 1 atom stereocenters. The number of benzene rings is 1. The van der Waals surface area contributed by atoms with Gasteiger partial charge in [0.1, 0.15) is 11.5 Å². The van der Waals surface area contributed by atoms with Crippen molar-refractivity contribution in [2.45, 2.75) is 25.8 Å². The fraction of sp³-hybridized carbons (Fsp3) is 0.333. The summed E-state index contributed by atoms with van der Waals surface area (Å²) in [5, 5.41) is 10.6. The van der Waals surface area contributed by atoms with Gasteiger partial charge in [-0.3, -0.25) is 14.7 Å². The fourth-order valence-electron chi connectivity index (χ4n) is 4.07. The fourth-order valence-corrected chi connectivity index (χ4v) is 4.45. The molecule has 35 heavy (non-hydrogen) atoms. The van der Waals surface area contributed by atoms with Gasteiger partial charge in [0.2, 0.25) is 11.8 Å². The molecule has 0 unspecified atom stereocenters. The van der Waals surface area contributed by atoms with Crippen molar-refractivity contribution in [1.82, 2.24) is 25.4 Å². The Labute approximate surface area is 211 Å². The number of carbonyl (C=O) groups is 2. The minimum atomic E-state index is -0.525. The number of likely N-dealkylation sites (tertiary alicyclic amines) is 1. The molecule has 0 aliphatic carbocycles. The monoisotopic (exact) mass is 519 g/mol. The average Bonchev–Trinajstić information content (AvgIpc) is 3.35. The maximum atomic E-state index is 14.1. The Balaban J connectivity index is 1.35. The van der Waals surface area contributed by atoms with Crippen molar-refractivity contribution in [1.29, 1.82) is 0 Å². The molecule has 2 N–H and O–H groups in total. The van der Waals surface area contributed by atoms with Gasteiger partial charge in [-0.2, -0.15) is 5.10 Å². The van der Waals surface area contributed by atoms with Crippen molar-refractivity contribution >= 4 is 35.0 Å². The standard InChI is InChI=1S/C24H24Cl2FN5O3/c1-13(16-9-15(25)3-4-19(16)27)29-23(33)14-5-7-32(8-6-14)24(34)21-11-20(30-31-21)17-10-22(35-2)28-12-18(17)26/h3-4,9-14H,5-8H2,1-2H3,(H,29,33)(H,30,31)/t13-/m1/s1. The number of pyridine rings is 1. The number of ether oxygens (including phenoxy) is 1. The Morgan fingerprint density at radius 2 is 1.97 bits per heavy atom. The average molecular weight is 520 g/mol. The largest absolute Gasteiger partial charge is 0.481 e. The van der Waals surface area contributed by atoms with Crippen molar-refractivity contribution < 1.29 is 18.7 Å². The highest BCUT2D eigenvalue weighted by Crippen LogP contribution is 2.30. The lowest BCUT2D eigenvalue weighted by Gasteiger charge is -2.31. The van der Waals surface area contributed by atoms with Crippen molar-refractivity contribution in [3.8, 4) is 17.1 Å². The van der Waals surface area contributed by atoms with E-state index in [1.807, 2.05) is 0 Å². The number of aromatic nitrogens is 3. The molecule has 184 valence electrons. The summed E-state index contributed by atoms with van der Waals surface area (Å²) in [6.45, 7) is 2.54. The topological polar surface area (TPSA) is 100 Å². The van der Waals surface area contributed by atoms with Crippen LogP contribution in [0.15, 0.2) is 36.5 Å². The summed E-state index contributed by atoms with van der Waals surface area (Å²) in [5.41, 5.74) is 1.74. The summed E-state index contributed by atoms with van der Waals surface area (Å²) in [6, 6.07) is 7.01. The number of nitrogens with one attached hydrogen (secondary N) is 2. The van der Waals surface area contributed by atoms with E-state index < -0.39 is 11.9 Å². The van der Waals surface area contributed by atoms with Gasteiger partial charge in [0, 0.05) is 41.2 Å². The van der Waals surface area contributed by atoms with Gasteiger partial charge < -0.3 is 15.0 Å². The number of aromatic amines is 1. The normalized spacial score (nSPS) is 15.1. The zero-order valence-electron chi connectivity index (χ0n) is 19.1. The number of hydrogen-bond donors (Lipinski definition) is 2. The second-order valence-corrected chi connectivity index (χ2v) is 9.18. The molecule has 0 radical (unpaired) electrons. The predicted molar refractivity (Wildman–Crippen MR) is 130 cm³/mol. The number of halogens is 3. The van der Waals surface area contributed by atoms with E-state index >= 15 is 0 Å². The second-order valence-electron chi connectivity index (χ2n) is 8.34. The maximum Gasteiger partial charge on any atom is 0.271 e. The SMILES string of the molecule is COc1cc(-c2cc(C(=O)N3CCC(C(=O)N[C@H](C)c4cc(Cl)ccc4F)CC3)[nH]n2)c(Cl)cn1. The van der Waals surface area contributed by atoms with E-state index in [0.717, 1.165) is 0 Å². The number of rotatable bonds is 6. The molecule has 1 aromatic carbocycles. The number of carbonyl (C=O) groups excluding carboxylic acids is 2. The summed E-state index contributed by atoms with van der Waals surface area (Å²) in [5.74, 6) is -0.701. The van der Waals surface area contributed by atoms with E-state index in [1.165, 1.54) is 31.5 Å². The number of amides is 2. The molecule has 0 bridgehead atoms. The highest BCUT2D eigenvalue weighted by Gasteiger charge is 2.30. The van der Waals surface area contributed by atoms with Crippen molar-refractivity contribution in [3.05, 3.63) is 63.6 Å². The predicted octanol–water partition coefficient (Wildman–Crippen LogP) is 4.66. The molecule has 0 spiro atoms. The van der Waals surface area contributed by atoms with Crippen LogP contribution in [0.25, 0.3) is 11.3 Å². The van der Waals surface area contributed by atoms with Gasteiger partial charge in [-0.15, -0.1) is 0 Å². The van der Waals surface area contributed by atoms with Gasteiger partial charge >= 0.3 is 0 Å². The number of H-pyrrole nitrogens is 1. The van der Waals surface area contributed by atoms with E-state index in [-0.39, 0.29) is 17.7 Å². The number of nitrogens with zero attached hydrogens (tertiary/aromatic N) is 3. The number of hydrogen-bond acceptors (Lipinski definition) is 5. The Hall–Kier alpha value is -3.17. The zero-order valence-corrected chi connectivity index (χ0v) is 20.7. The first kappa shape index (κ1) is 24.9. The summed E-state index contributed by atoms with van der Waals surface area (Å²) < 4.78 is 19.2. The second kappa shape index (κ2) is 10.6. The van der Waals surface area contributed by atoms with Crippen LogP contribution in [-0.2, 0) is 4.79 Å². The van der Waals surface area contributed by atoms with Gasteiger partial charge in [0.05, 0.1) is 30.1 Å². The van der Waals surface area contributed by atoms with E-state index in [0.29, 0.717) is 64.4 Å². The van der Waals surface area contributed by atoms with E-state index in [2.05, 4.69) is 20.5 Å². The number of methoxy groups -OCH3 is 1. The molecular weight excluding hydrogens is 496 g/mol. The van der Waals surface area contributed by atoms with Crippen LogP contribution in [0.1, 0.15) is 41.9 Å². The molecule has 1 aliphatic heterocycles. The minimum absolute atomic E-state index is 0.172. The van der Waals surface area contributed by atoms with Crippen LogP contribution in [0.3, 0.4) is 0 Å².